The van der Waals surface area contributed by atoms with E-state index in [0.29, 0.717) is 31.8 Å². The van der Waals surface area contributed by atoms with Crippen molar-refractivity contribution in [1.29, 1.82) is 0 Å². The third-order valence-electron chi connectivity index (χ3n) is 7.46. The number of carbonyl (C=O) groups is 1. The highest BCUT2D eigenvalue weighted by Crippen LogP contribution is 2.32. The number of fused-ring (bicyclic) bond motifs is 2. The largest absolute Gasteiger partial charge is 0.493 e. The SMILES string of the molecule is Cc1cc(C(=O)N2Cc3cnn(C)c3Cc3ccccc32)ccc1OCCCN1CCN(S(C)(=O)=O)CC1. The molecule has 0 radical (unpaired) electrons. The summed E-state index contributed by atoms with van der Waals surface area (Å²) < 4.78 is 32.8. The van der Waals surface area contributed by atoms with Crippen LogP contribution in [0.25, 0.3) is 0 Å². The number of benzene rings is 2. The van der Waals surface area contributed by atoms with Crippen LogP contribution >= 0.6 is 0 Å². The van der Waals surface area contributed by atoms with E-state index in [4.69, 9.17) is 4.74 Å². The molecule has 0 aliphatic carbocycles. The average Bonchev–Trinajstić information content (AvgIpc) is 3.14. The molecule has 202 valence electrons. The van der Waals surface area contributed by atoms with Crippen LogP contribution in [0.4, 0.5) is 5.69 Å². The first-order valence-electron chi connectivity index (χ1n) is 13.0. The first kappa shape index (κ1) is 26.4. The minimum absolute atomic E-state index is 0.0444. The summed E-state index contributed by atoms with van der Waals surface area (Å²) >= 11 is 0. The van der Waals surface area contributed by atoms with Crippen molar-refractivity contribution < 1.29 is 17.9 Å². The molecule has 1 amide bonds. The van der Waals surface area contributed by atoms with E-state index in [9.17, 15) is 13.2 Å². The number of nitrogens with zero attached hydrogens (tertiary/aromatic N) is 5. The fraction of sp³-hybridized carbons (Fsp3) is 0.429. The number of piperazine rings is 1. The molecule has 0 unspecified atom stereocenters. The Kier molecular flexibility index (Phi) is 7.56. The summed E-state index contributed by atoms with van der Waals surface area (Å²) in [4.78, 5) is 17.8. The number of amides is 1. The minimum Gasteiger partial charge on any atom is -0.493 e. The quantitative estimate of drug-likeness (QED) is 0.431. The molecule has 3 heterocycles. The molecule has 0 atom stereocenters. The zero-order valence-electron chi connectivity index (χ0n) is 22.3. The van der Waals surface area contributed by atoms with Gasteiger partial charge in [0.15, 0.2) is 0 Å². The van der Waals surface area contributed by atoms with Crippen molar-refractivity contribution in [2.24, 2.45) is 7.05 Å². The molecular weight excluding hydrogens is 502 g/mol. The molecule has 2 aromatic carbocycles. The van der Waals surface area contributed by atoms with Gasteiger partial charge in [0.05, 0.1) is 25.6 Å². The molecule has 0 saturated carbocycles. The molecule has 1 saturated heterocycles. The molecule has 0 spiro atoms. The van der Waals surface area contributed by atoms with Crippen LogP contribution in [0.15, 0.2) is 48.7 Å². The summed E-state index contributed by atoms with van der Waals surface area (Å²) in [6, 6.07) is 13.7. The third kappa shape index (κ3) is 5.62. The van der Waals surface area contributed by atoms with Crippen molar-refractivity contribution in [2.45, 2.75) is 26.3 Å². The van der Waals surface area contributed by atoms with Gasteiger partial charge in [0.1, 0.15) is 5.75 Å². The van der Waals surface area contributed by atoms with Crippen molar-refractivity contribution in [1.82, 2.24) is 19.0 Å². The van der Waals surface area contributed by atoms with Crippen LogP contribution in [0, 0.1) is 6.92 Å². The van der Waals surface area contributed by atoms with Crippen LogP contribution in [-0.2, 0) is 30.0 Å². The topological polar surface area (TPSA) is 88.0 Å². The maximum atomic E-state index is 13.7. The van der Waals surface area contributed by atoms with Crippen molar-refractivity contribution in [3.8, 4) is 5.75 Å². The standard InChI is InChI=1S/C28H35N5O4S/c1-21-17-23(9-10-27(21)37-16-6-11-31-12-14-32(15-13-31)38(3,35)36)28(34)33-20-24-19-29-30(2)26(24)18-22-7-4-5-8-25(22)33/h4-5,7-10,17,19H,6,11-16,18,20H2,1-3H3. The molecule has 38 heavy (non-hydrogen) atoms. The van der Waals surface area contributed by atoms with Crippen LogP contribution in [0.3, 0.4) is 0 Å². The lowest BCUT2D eigenvalue weighted by atomic mass is 10.1. The number of rotatable bonds is 7. The summed E-state index contributed by atoms with van der Waals surface area (Å²) in [7, 11) is -1.17. The summed E-state index contributed by atoms with van der Waals surface area (Å²) in [6.45, 7) is 6.42. The highest BCUT2D eigenvalue weighted by atomic mass is 32.2. The van der Waals surface area contributed by atoms with Crippen molar-refractivity contribution in [3.05, 3.63) is 76.6 Å². The van der Waals surface area contributed by atoms with Gasteiger partial charge in [-0.05, 0) is 48.7 Å². The van der Waals surface area contributed by atoms with E-state index < -0.39 is 10.0 Å². The molecule has 5 rings (SSSR count). The number of carbonyl (C=O) groups excluding carboxylic acids is 1. The molecule has 1 fully saturated rings. The van der Waals surface area contributed by atoms with E-state index in [2.05, 4.69) is 16.1 Å². The van der Waals surface area contributed by atoms with Gasteiger partial charge in [0.25, 0.3) is 5.91 Å². The van der Waals surface area contributed by atoms with Gasteiger partial charge >= 0.3 is 0 Å². The summed E-state index contributed by atoms with van der Waals surface area (Å²) in [5, 5.41) is 4.42. The van der Waals surface area contributed by atoms with Gasteiger partial charge in [-0.25, -0.2) is 8.42 Å². The van der Waals surface area contributed by atoms with Gasteiger partial charge in [-0.2, -0.15) is 9.40 Å². The second-order valence-corrected chi connectivity index (χ2v) is 12.1. The monoisotopic (exact) mass is 537 g/mol. The number of sulfonamides is 1. The van der Waals surface area contributed by atoms with Crippen LogP contribution in [0.5, 0.6) is 5.75 Å². The number of anilines is 1. The fourth-order valence-electron chi connectivity index (χ4n) is 5.26. The van der Waals surface area contributed by atoms with Gasteiger partial charge in [-0.3, -0.25) is 9.48 Å². The molecular formula is C28H35N5O4S. The maximum Gasteiger partial charge on any atom is 0.258 e. The first-order chi connectivity index (χ1) is 18.2. The Morgan fingerprint density at radius 3 is 2.55 bits per heavy atom. The Morgan fingerprint density at radius 2 is 1.82 bits per heavy atom. The minimum atomic E-state index is -3.11. The Morgan fingerprint density at radius 1 is 1.05 bits per heavy atom. The normalized spacial score (nSPS) is 16.6. The number of para-hydroxylation sites is 1. The van der Waals surface area contributed by atoms with Gasteiger partial charge < -0.3 is 14.5 Å². The number of aryl methyl sites for hydroxylation is 2. The smallest absolute Gasteiger partial charge is 0.258 e. The second kappa shape index (κ2) is 10.9. The lowest BCUT2D eigenvalue weighted by Gasteiger charge is -2.33. The van der Waals surface area contributed by atoms with E-state index in [1.54, 1.807) is 0 Å². The number of hydrogen-bond donors (Lipinski definition) is 0. The fourth-order valence-corrected chi connectivity index (χ4v) is 6.09. The summed E-state index contributed by atoms with van der Waals surface area (Å²) in [6.07, 6.45) is 4.71. The zero-order chi connectivity index (χ0) is 26.9. The molecule has 10 heteroatoms. The molecule has 3 aromatic rings. The average molecular weight is 538 g/mol. The van der Waals surface area contributed by atoms with Gasteiger partial charge in [0, 0.05) is 68.7 Å². The molecule has 9 nitrogen and oxygen atoms in total. The molecule has 1 aromatic heterocycles. The van der Waals surface area contributed by atoms with Gasteiger partial charge in [0.2, 0.25) is 10.0 Å². The Balaban J connectivity index is 1.20. The molecule has 0 bridgehead atoms. The Hall–Kier alpha value is -3.21. The van der Waals surface area contributed by atoms with E-state index in [1.165, 1.54) is 10.6 Å². The highest BCUT2D eigenvalue weighted by molar-refractivity contribution is 7.88. The summed E-state index contributed by atoms with van der Waals surface area (Å²) in [5.74, 6) is 0.728. The van der Waals surface area contributed by atoms with Crippen molar-refractivity contribution in [3.63, 3.8) is 0 Å². The van der Waals surface area contributed by atoms with E-state index in [0.717, 1.165) is 66.3 Å². The lowest BCUT2D eigenvalue weighted by Crippen LogP contribution is -2.48. The van der Waals surface area contributed by atoms with E-state index in [1.807, 2.05) is 66.1 Å². The van der Waals surface area contributed by atoms with E-state index in [-0.39, 0.29) is 5.91 Å². The van der Waals surface area contributed by atoms with E-state index >= 15 is 0 Å². The first-order valence-corrected chi connectivity index (χ1v) is 14.9. The van der Waals surface area contributed by atoms with Crippen LogP contribution in [0.2, 0.25) is 0 Å². The highest BCUT2D eigenvalue weighted by Gasteiger charge is 2.27. The van der Waals surface area contributed by atoms with Crippen LogP contribution in [0.1, 0.15) is 39.2 Å². The van der Waals surface area contributed by atoms with Gasteiger partial charge in [-0.15, -0.1) is 0 Å². The Labute approximate surface area is 224 Å². The molecule has 2 aliphatic rings. The predicted octanol–water partition coefficient (Wildman–Crippen LogP) is 2.83. The maximum absolute atomic E-state index is 13.7. The zero-order valence-corrected chi connectivity index (χ0v) is 23.1. The lowest BCUT2D eigenvalue weighted by molar-refractivity contribution is 0.0985. The number of aromatic nitrogens is 2. The van der Waals surface area contributed by atoms with Crippen LogP contribution < -0.4 is 9.64 Å². The predicted molar refractivity (Wildman–Crippen MR) is 147 cm³/mol. The Bertz CT molecular complexity index is 1430. The second-order valence-electron chi connectivity index (χ2n) is 10.1. The van der Waals surface area contributed by atoms with Crippen LogP contribution in [-0.4, -0.2) is 78.9 Å². The van der Waals surface area contributed by atoms with Crippen molar-refractivity contribution in [2.75, 3.05) is 50.5 Å². The third-order valence-corrected chi connectivity index (χ3v) is 8.76. The van der Waals surface area contributed by atoms with Crippen molar-refractivity contribution >= 4 is 21.6 Å². The number of ether oxygens (including phenoxy) is 1. The molecule has 0 N–H and O–H groups in total. The molecule has 2 aliphatic heterocycles. The number of hydrogen-bond acceptors (Lipinski definition) is 6. The van der Waals surface area contributed by atoms with Gasteiger partial charge in [-0.1, -0.05) is 18.2 Å². The summed E-state index contributed by atoms with van der Waals surface area (Å²) in [5.41, 5.74) is 5.78.